The maximum Gasteiger partial charge on any atom is 0.0468 e. The van der Waals surface area contributed by atoms with Gasteiger partial charge in [0.05, 0.1) is 0 Å². The molecule has 2 aromatic rings. The summed E-state index contributed by atoms with van der Waals surface area (Å²) in [6.07, 6.45) is 0. The smallest absolute Gasteiger partial charge is 0.0468 e. The molecule has 0 aromatic heterocycles. The maximum absolute atomic E-state index is 6.27. The fraction of sp³-hybridized carbons (Fsp3) is 0.250. The van der Waals surface area contributed by atoms with E-state index in [2.05, 4.69) is 57.1 Å². The van der Waals surface area contributed by atoms with Crippen LogP contribution in [0.15, 0.2) is 45.3 Å². The van der Waals surface area contributed by atoms with Crippen LogP contribution in [0.1, 0.15) is 37.1 Å². The summed E-state index contributed by atoms with van der Waals surface area (Å²) in [6, 6.07) is 12.1. The molecule has 0 aliphatic carbocycles. The number of nitrogens with one attached hydrogen (secondary N) is 1. The van der Waals surface area contributed by atoms with E-state index >= 15 is 0 Å². The molecule has 5 heteroatoms. The van der Waals surface area contributed by atoms with Crippen molar-refractivity contribution in [3.63, 3.8) is 0 Å². The van der Waals surface area contributed by atoms with E-state index in [1.165, 1.54) is 5.56 Å². The van der Waals surface area contributed by atoms with Gasteiger partial charge in [0, 0.05) is 31.1 Å². The number of halogens is 4. The lowest BCUT2D eigenvalue weighted by Gasteiger charge is -2.22. The van der Waals surface area contributed by atoms with E-state index in [0.29, 0.717) is 10.0 Å². The Balaban J connectivity index is 2.16. The molecule has 0 saturated heterocycles. The molecule has 0 fully saturated rings. The van der Waals surface area contributed by atoms with Crippen LogP contribution in [0, 0.1) is 0 Å². The molecule has 0 spiro atoms. The van der Waals surface area contributed by atoms with Crippen molar-refractivity contribution in [2.75, 3.05) is 0 Å². The van der Waals surface area contributed by atoms with Gasteiger partial charge in [-0.3, -0.25) is 0 Å². The predicted molar refractivity (Wildman–Crippen MR) is 98.3 cm³/mol. The Kier molecular flexibility index (Phi) is 6.15. The first kappa shape index (κ1) is 17.3. The van der Waals surface area contributed by atoms with Crippen LogP contribution < -0.4 is 5.32 Å². The first-order chi connectivity index (χ1) is 9.88. The lowest BCUT2D eigenvalue weighted by Crippen LogP contribution is -2.23. The van der Waals surface area contributed by atoms with Crippen molar-refractivity contribution in [2.24, 2.45) is 0 Å². The third-order valence-corrected chi connectivity index (χ3v) is 5.10. The molecule has 0 amide bonds. The van der Waals surface area contributed by atoms with Gasteiger partial charge in [0.1, 0.15) is 0 Å². The van der Waals surface area contributed by atoms with Crippen molar-refractivity contribution >= 4 is 55.1 Å². The second kappa shape index (κ2) is 7.47. The molecule has 1 nitrogen and oxygen atoms in total. The second-order valence-electron chi connectivity index (χ2n) is 4.94. The van der Waals surface area contributed by atoms with Crippen LogP contribution in [0.3, 0.4) is 0 Å². The van der Waals surface area contributed by atoms with Gasteiger partial charge in [-0.2, -0.15) is 0 Å². The van der Waals surface area contributed by atoms with E-state index in [-0.39, 0.29) is 12.1 Å². The molecular formula is C16H15Br2Cl2N. The molecule has 0 heterocycles. The average Bonchev–Trinajstić information content (AvgIpc) is 2.37. The topological polar surface area (TPSA) is 12.0 Å². The molecule has 1 N–H and O–H groups in total. The van der Waals surface area contributed by atoms with Crippen LogP contribution in [0.25, 0.3) is 0 Å². The summed E-state index contributed by atoms with van der Waals surface area (Å²) in [6.45, 7) is 4.23. The van der Waals surface area contributed by atoms with Crippen molar-refractivity contribution in [2.45, 2.75) is 25.9 Å². The standard InChI is InChI=1S/C16H15Br2Cl2N/c1-9(13-5-3-11(17)7-15(13)18)21-10(2)14-6-4-12(19)8-16(14)20/h3-10,21H,1-2H3. The Labute approximate surface area is 152 Å². The van der Waals surface area contributed by atoms with Gasteiger partial charge in [-0.15, -0.1) is 0 Å². The monoisotopic (exact) mass is 449 g/mol. The highest BCUT2D eigenvalue weighted by Gasteiger charge is 2.15. The van der Waals surface area contributed by atoms with Crippen LogP contribution in [-0.4, -0.2) is 0 Å². The first-order valence-electron chi connectivity index (χ1n) is 6.54. The molecule has 21 heavy (non-hydrogen) atoms. The Morgan fingerprint density at radius 1 is 0.905 bits per heavy atom. The SMILES string of the molecule is CC(NC(C)c1ccc(Br)cc1Br)c1ccc(Cl)cc1Cl. The Morgan fingerprint density at radius 3 is 2.14 bits per heavy atom. The van der Waals surface area contributed by atoms with Crippen LogP contribution in [-0.2, 0) is 0 Å². The molecule has 0 bridgehead atoms. The van der Waals surface area contributed by atoms with E-state index < -0.39 is 0 Å². The van der Waals surface area contributed by atoms with Crippen molar-refractivity contribution < 1.29 is 0 Å². The van der Waals surface area contributed by atoms with Gasteiger partial charge in [0.25, 0.3) is 0 Å². The zero-order chi connectivity index (χ0) is 15.6. The van der Waals surface area contributed by atoms with Gasteiger partial charge in [0.2, 0.25) is 0 Å². The van der Waals surface area contributed by atoms with Crippen LogP contribution in [0.4, 0.5) is 0 Å². The van der Waals surface area contributed by atoms with Gasteiger partial charge in [0.15, 0.2) is 0 Å². The molecule has 0 saturated carbocycles. The lowest BCUT2D eigenvalue weighted by molar-refractivity contribution is 0.493. The first-order valence-corrected chi connectivity index (χ1v) is 8.88. The fourth-order valence-electron chi connectivity index (χ4n) is 2.26. The third-order valence-electron chi connectivity index (χ3n) is 3.36. The number of hydrogen-bond donors (Lipinski definition) is 1. The van der Waals surface area contributed by atoms with Crippen molar-refractivity contribution in [1.29, 1.82) is 0 Å². The van der Waals surface area contributed by atoms with E-state index in [9.17, 15) is 0 Å². The molecule has 0 aliphatic heterocycles. The summed E-state index contributed by atoms with van der Waals surface area (Å²) in [4.78, 5) is 0. The largest absolute Gasteiger partial charge is 0.304 e. The van der Waals surface area contributed by atoms with Gasteiger partial charge in [-0.1, -0.05) is 67.2 Å². The molecule has 112 valence electrons. The van der Waals surface area contributed by atoms with Gasteiger partial charge in [-0.25, -0.2) is 0 Å². The molecule has 2 unspecified atom stereocenters. The minimum Gasteiger partial charge on any atom is -0.304 e. The molecule has 0 radical (unpaired) electrons. The fourth-order valence-corrected chi connectivity index (χ4v) is 4.22. The normalized spacial score (nSPS) is 14.0. The van der Waals surface area contributed by atoms with Crippen LogP contribution in [0.5, 0.6) is 0 Å². The quantitative estimate of drug-likeness (QED) is 0.531. The summed E-state index contributed by atoms with van der Waals surface area (Å²) in [7, 11) is 0. The Bertz CT molecular complexity index is 591. The van der Waals surface area contributed by atoms with Gasteiger partial charge >= 0.3 is 0 Å². The van der Waals surface area contributed by atoms with Gasteiger partial charge < -0.3 is 5.32 Å². The van der Waals surface area contributed by atoms with Gasteiger partial charge in [-0.05, 0) is 49.2 Å². The minimum absolute atomic E-state index is 0.125. The van der Waals surface area contributed by atoms with Crippen LogP contribution in [0.2, 0.25) is 10.0 Å². The highest BCUT2D eigenvalue weighted by molar-refractivity contribution is 9.11. The summed E-state index contributed by atoms with van der Waals surface area (Å²) >= 11 is 19.3. The predicted octanol–water partition coefficient (Wildman–Crippen LogP) is 6.93. The highest BCUT2D eigenvalue weighted by atomic mass is 79.9. The number of hydrogen-bond acceptors (Lipinski definition) is 1. The van der Waals surface area contributed by atoms with E-state index in [0.717, 1.165) is 14.5 Å². The number of rotatable bonds is 4. The Morgan fingerprint density at radius 2 is 1.52 bits per heavy atom. The van der Waals surface area contributed by atoms with Crippen molar-refractivity contribution in [3.8, 4) is 0 Å². The lowest BCUT2D eigenvalue weighted by atomic mass is 10.0. The van der Waals surface area contributed by atoms with E-state index in [1.54, 1.807) is 6.07 Å². The average molecular weight is 452 g/mol. The molecular weight excluding hydrogens is 437 g/mol. The maximum atomic E-state index is 6.27. The summed E-state index contributed by atoms with van der Waals surface area (Å²) in [5.74, 6) is 0. The highest BCUT2D eigenvalue weighted by Crippen LogP contribution is 2.31. The third kappa shape index (κ3) is 4.46. The summed E-state index contributed by atoms with van der Waals surface area (Å²) in [5, 5.41) is 4.90. The molecule has 0 aliphatic rings. The zero-order valence-corrected chi connectivity index (χ0v) is 16.3. The molecule has 2 rings (SSSR count). The summed E-state index contributed by atoms with van der Waals surface area (Å²) < 4.78 is 2.13. The summed E-state index contributed by atoms with van der Waals surface area (Å²) in [5.41, 5.74) is 2.25. The number of benzene rings is 2. The van der Waals surface area contributed by atoms with Crippen molar-refractivity contribution in [3.05, 3.63) is 66.5 Å². The minimum atomic E-state index is 0.125. The Hall–Kier alpha value is -0.0600. The molecule has 2 atom stereocenters. The van der Waals surface area contributed by atoms with Crippen molar-refractivity contribution in [1.82, 2.24) is 5.32 Å². The second-order valence-corrected chi connectivity index (χ2v) is 7.56. The zero-order valence-electron chi connectivity index (χ0n) is 11.6. The molecule has 2 aromatic carbocycles. The van der Waals surface area contributed by atoms with E-state index in [4.69, 9.17) is 23.2 Å². The van der Waals surface area contributed by atoms with E-state index in [1.807, 2.05) is 24.3 Å². The van der Waals surface area contributed by atoms with Crippen LogP contribution >= 0.6 is 55.1 Å².